The molecule has 0 aliphatic heterocycles. The molecule has 0 spiro atoms. The van der Waals surface area contributed by atoms with Gasteiger partial charge in [-0.3, -0.25) is 0 Å². The molecular formula is C11H16BrN. The summed E-state index contributed by atoms with van der Waals surface area (Å²) in [6, 6.07) is 4.20. The van der Waals surface area contributed by atoms with E-state index in [-0.39, 0.29) is 5.41 Å². The summed E-state index contributed by atoms with van der Waals surface area (Å²) in [6.45, 7) is 8.57. The first-order valence-corrected chi connectivity index (χ1v) is 5.18. The minimum Gasteiger partial charge on any atom is -0.398 e. The van der Waals surface area contributed by atoms with Gasteiger partial charge in [-0.15, -0.1) is 0 Å². The summed E-state index contributed by atoms with van der Waals surface area (Å²) in [6.07, 6.45) is 0. The van der Waals surface area contributed by atoms with E-state index in [4.69, 9.17) is 5.73 Å². The zero-order valence-corrected chi connectivity index (χ0v) is 10.2. The van der Waals surface area contributed by atoms with Crippen LogP contribution in [0.25, 0.3) is 0 Å². The second kappa shape index (κ2) is 3.33. The first-order chi connectivity index (χ1) is 5.82. The lowest BCUT2D eigenvalue weighted by molar-refractivity contribution is 0.590. The van der Waals surface area contributed by atoms with Crippen LogP contribution in [0.3, 0.4) is 0 Å². The Morgan fingerprint density at radius 3 is 2.15 bits per heavy atom. The number of rotatable bonds is 0. The standard InChI is InChI=1S/C11H16BrN/c1-7-9(12)5-8(6-10(7)13)11(2,3)4/h5-6H,13H2,1-4H3. The van der Waals surface area contributed by atoms with Gasteiger partial charge in [0.05, 0.1) is 0 Å². The molecule has 0 unspecified atom stereocenters. The molecule has 0 aliphatic carbocycles. The van der Waals surface area contributed by atoms with Gasteiger partial charge in [-0.25, -0.2) is 0 Å². The minimum atomic E-state index is 0.157. The van der Waals surface area contributed by atoms with Crippen LogP contribution in [0.5, 0.6) is 0 Å². The summed E-state index contributed by atoms with van der Waals surface area (Å²) in [4.78, 5) is 0. The van der Waals surface area contributed by atoms with E-state index < -0.39 is 0 Å². The van der Waals surface area contributed by atoms with E-state index in [0.29, 0.717) is 0 Å². The number of nitrogen functional groups attached to an aromatic ring is 1. The van der Waals surface area contributed by atoms with Crippen molar-refractivity contribution in [2.75, 3.05) is 5.73 Å². The Hall–Kier alpha value is -0.500. The highest BCUT2D eigenvalue weighted by Crippen LogP contribution is 2.30. The number of hydrogen-bond acceptors (Lipinski definition) is 1. The van der Waals surface area contributed by atoms with E-state index in [0.717, 1.165) is 15.7 Å². The van der Waals surface area contributed by atoms with Crippen molar-refractivity contribution >= 4 is 21.6 Å². The molecule has 0 saturated heterocycles. The van der Waals surface area contributed by atoms with Gasteiger partial charge in [0.1, 0.15) is 0 Å². The smallest absolute Gasteiger partial charge is 0.0358 e. The zero-order chi connectivity index (χ0) is 10.2. The molecule has 0 saturated carbocycles. The number of nitrogens with two attached hydrogens (primary N) is 1. The Bertz CT molecular complexity index is 300. The minimum absolute atomic E-state index is 0.157. The van der Waals surface area contributed by atoms with Crippen molar-refractivity contribution in [2.24, 2.45) is 0 Å². The van der Waals surface area contributed by atoms with Crippen molar-refractivity contribution in [3.63, 3.8) is 0 Å². The molecule has 2 N–H and O–H groups in total. The second-order valence-corrected chi connectivity index (χ2v) is 5.28. The molecule has 2 heteroatoms. The molecule has 1 aromatic carbocycles. The fourth-order valence-electron chi connectivity index (χ4n) is 1.13. The lowest BCUT2D eigenvalue weighted by Crippen LogP contribution is -2.12. The summed E-state index contributed by atoms with van der Waals surface area (Å²) >= 11 is 3.51. The Kier molecular flexibility index (Phi) is 2.71. The maximum atomic E-state index is 5.89. The topological polar surface area (TPSA) is 26.0 Å². The number of hydrogen-bond donors (Lipinski definition) is 1. The average molecular weight is 242 g/mol. The van der Waals surface area contributed by atoms with E-state index in [1.165, 1.54) is 5.56 Å². The summed E-state index contributed by atoms with van der Waals surface area (Å²) in [5.41, 5.74) is 9.29. The average Bonchev–Trinajstić information content (AvgIpc) is 1.97. The SMILES string of the molecule is Cc1c(N)cc(C(C)(C)C)cc1Br. The maximum Gasteiger partial charge on any atom is 0.0358 e. The highest BCUT2D eigenvalue weighted by molar-refractivity contribution is 9.10. The van der Waals surface area contributed by atoms with Crippen molar-refractivity contribution in [1.29, 1.82) is 0 Å². The highest BCUT2D eigenvalue weighted by atomic mass is 79.9. The van der Waals surface area contributed by atoms with Crippen LogP contribution in [0.1, 0.15) is 31.9 Å². The van der Waals surface area contributed by atoms with Gasteiger partial charge in [-0.2, -0.15) is 0 Å². The lowest BCUT2D eigenvalue weighted by atomic mass is 9.86. The molecule has 0 aliphatic rings. The first-order valence-electron chi connectivity index (χ1n) is 4.38. The fourth-order valence-corrected chi connectivity index (χ4v) is 1.61. The van der Waals surface area contributed by atoms with Crippen molar-refractivity contribution in [3.8, 4) is 0 Å². The Morgan fingerprint density at radius 2 is 1.77 bits per heavy atom. The summed E-state index contributed by atoms with van der Waals surface area (Å²) < 4.78 is 1.09. The molecule has 1 rings (SSSR count). The fraction of sp³-hybridized carbons (Fsp3) is 0.455. The number of benzene rings is 1. The van der Waals surface area contributed by atoms with Crippen LogP contribution in [-0.2, 0) is 5.41 Å². The summed E-state index contributed by atoms with van der Waals surface area (Å²) in [7, 11) is 0. The molecule has 0 atom stereocenters. The maximum absolute atomic E-state index is 5.89. The number of anilines is 1. The van der Waals surface area contributed by atoms with Gasteiger partial charge in [0.15, 0.2) is 0 Å². The van der Waals surface area contributed by atoms with Crippen LogP contribution < -0.4 is 5.73 Å². The van der Waals surface area contributed by atoms with E-state index in [9.17, 15) is 0 Å². The Morgan fingerprint density at radius 1 is 1.23 bits per heavy atom. The van der Waals surface area contributed by atoms with E-state index >= 15 is 0 Å². The van der Waals surface area contributed by atoms with Gasteiger partial charge in [-0.1, -0.05) is 36.7 Å². The molecule has 0 bridgehead atoms. The van der Waals surface area contributed by atoms with E-state index in [1.54, 1.807) is 0 Å². The lowest BCUT2D eigenvalue weighted by Gasteiger charge is -2.20. The van der Waals surface area contributed by atoms with Crippen molar-refractivity contribution in [2.45, 2.75) is 33.1 Å². The third kappa shape index (κ3) is 2.25. The highest BCUT2D eigenvalue weighted by Gasteiger charge is 2.15. The Labute approximate surface area is 88.5 Å². The third-order valence-corrected chi connectivity index (χ3v) is 3.07. The normalized spacial score (nSPS) is 11.8. The quantitative estimate of drug-likeness (QED) is 0.690. The molecule has 13 heavy (non-hydrogen) atoms. The Balaban J connectivity index is 3.29. The van der Waals surface area contributed by atoms with Crippen LogP contribution in [0, 0.1) is 6.92 Å². The molecule has 0 aromatic heterocycles. The largest absolute Gasteiger partial charge is 0.398 e. The van der Waals surface area contributed by atoms with Gasteiger partial charge in [0.2, 0.25) is 0 Å². The summed E-state index contributed by atoms with van der Waals surface area (Å²) in [5, 5.41) is 0. The van der Waals surface area contributed by atoms with Gasteiger partial charge in [0.25, 0.3) is 0 Å². The van der Waals surface area contributed by atoms with Crippen LogP contribution in [0.15, 0.2) is 16.6 Å². The van der Waals surface area contributed by atoms with Crippen LogP contribution in [0.4, 0.5) is 5.69 Å². The van der Waals surface area contributed by atoms with Crippen LogP contribution >= 0.6 is 15.9 Å². The van der Waals surface area contributed by atoms with E-state index in [1.807, 2.05) is 6.92 Å². The molecule has 0 radical (unpaired) electrons. The van der Waals surface area contributed by atoms with E-state index in [2.05, 4.69) is 48.8 Å². The van der Waals surface area contributed by atoms with Crippen LogP contribution in [0.2, 0.25) is 0 Å². The van der Waals surface area contributed by atoms with Crippen molar-refractivity contribution < 1.29 is 0 Å². The second-order valence-electron chi connectivity index (χ2n) is 4.42. The molecule has 1 nitrogen and oxygen atoms in total. The molecule has 0 amide bonds. The zero-order valence-electron chi connectivity index (χ0n) is 8.61. The first kappa shape index (κ1) is 10.6. The van der Waals surface area contributed by atoms with Gasteiger partial charge in [-0.05, 0) is 35.6 Å². The summed E-state index contributed by atoms with van der Waals surface area (Å²) in [5.74, 6) is 0. The molecule has 72 valence electrons. The third-order valence-electron chi connectivity index (χ3n) is 2.25. The predicted molar refractivity (Wildman–Crippen MR) is 62.0 cm³/mol. The van der Waals surface area contributed by atoms with Gasteiger partial charge >= 0.3 is 0 Å². The number of halogens is 1. The molecular weight excluding hydrogens is 226 g/mol. The molecule has 0 fully saturated rings. The van der Waals surface area contributed by atoms with Crippen molar-refractivity contribution in [3.05, 3.63) is 27.7 Å². The monoisotopic (exact) mass is 241 g/mol. The van der Waals surface area contributed by atoms with Gasteiger partial charge < -0.3 is 5.73 Å². The molecule has 1 aromatic rings. The molecule has 0 heterocycles. The van der Waals surface area contributed by atoms with Crippen LogP contribution in [-0.4, -0.2) is 0 Å². The van der Waals surface area contributed by atoms with Gasteiger partial charge in [0, 0.05) is 10.2 Å². The van der Waals surface area contributed by atoms with Crippen molar-refractivity contribution in [1.82, 2.24) is 0 Å². The predicted octanol–water partition coefficient (Wildman–Crippen LogP) is 3.64.